The number of allylic oxidation sites excluding steroid dienone is 1. The Morgan fingerprint density at radius 3 is 1.87 bits per heavy atom. The molecule has 300 valence electrons. The van der Waals surface area contributed by atoms with Crippen LogP contribution in [0.3, 0.4) is 0 Å². The van der Waals surface area contributed by atoms with Crippen molar-refractivity contribution >= 4 is 125 Å². The molecule has 11 aromatic carbocycles. The van der Waals surface area contributed by atoms with Crippen molar-refractivity contribution in [1.29, 1.82) is 0 Å². The Morgan fingerprint density at radius 1 is 0.645 bits per heavy atom. The van der Waals surface area contributed by atoms with Gasteiger partial charge in [-0.1, -0.05) is 30.3 Å². The van der Waals surface area contributed by atoms with Gasteiger partial charge in [-0.3, -0.25) is 14.5 Å². The van der Waals surface area contributed by atoms with E-state index in [4.69, 9.17) is 9.47 Å². The molecule has 0 aromatic heterocycles. The second-order valence-corrected chi connectivity index (χ2v) is 19.9. The molecule has 9 atom stereocenters. The summed E-state index contributed by atoms with van der Waals surface area (Å²) < 4.78 is 11.6. The average Bonchev–Trinajstić information content (AvgIpc) is 4.10. The standard InChI is InChI=1S/C51H31NO10/c53-11-20-44(54)45(55)46(56)50(62-20)61-2-1-52-43(48(57)58)41-19-9-17-7-14-5-15-4-12-3-13-6-16-8-18-10-51(41,47(52)49(59)60)42-27(18)32-26(16)31-22(13)21(12)29-25(15)30-23(14)24(17)33-28(19)40(42)39-37(32)35(31)34(29)36(30)38(33)39/h4,6-7,9-10,20,41,43-47,50,53-56H,1-3,5,8,11H2,(H,57,58)(H,59,60)/t20-,41?,43?,44-,45?,46?,47?,50-,51?/m1/s1. The van der Waals surface area contributed by atoms with Crippen molar-refractivity contribution in [3.05, 3.63) is 74.8 Å². The number of rotatable bonds is 7. The smallest absolute Gasteiger partial charge is 0.322 e. The largest absolute Gasteiger partial charge is 0.480 e. The molecule has 0 radical (unpaired) electrons. The summed E-state index contributed by atoms with van der Waals surface area (Å²) in [6.45, 7) is -1.03. The molecular weight excluding hydrogens is 787 g/mol. The minimum absolute atomic E-state index is 0.146. The quantitative estimate of drug-likeness (QED) is 0.113. The summed E-state index contributed by atoms with van der Waals surface area (Å²) in [6.07, 6.45) is -3.01. The molecule has 6 unspecified atom stereocenters. The Hall–Kier alpha value is -5.76. The fourth-order valence-corrected chi connectivity index (χ4v) is 16.4. The maximum Gasteiger partial charge on any atom is 0.322 e. The number of likely N-dealkylation sites (tertiary alicyclic amines) is 1. The van der Waals surface area contributed by atoms with E-state index in [9.17, 15) is 40.2 Å². The Bertz CT molecular complexity index is 4070. The molecule has 0 saturated carbocycles. The van der Waals surface area contributed by atoms with E-state index in [1.165, 1.54) is 119 Å². The van der Waals surface area contributed by atoms with Crippen LogP contribution in [0.1, 0.15) is 50.4 Å². The summed E-state index contributed by atoms with van der Waals surface area (Å²) in [7, 11) is 0. The van der Waals surface area contributed by atoms with Crippen molar-refractivity contribution in [1.82, 2.24) is 4.90 Å². The van der Waals surface area contributed by atoms with Gasteiger partial charge in [0.15, 0.2) is 6.29 Å². The van der Waals surface area contributed by atoms with Crippen LogP contribution in [0.25, 0.3) is 113 Å². The van der Waals surface area contributed by atoms with Crippen molar-refractivity contribution in [2.24, 2.45) is 0 Å². The van der Waals surface area contributed by atoms with Gasteiger partial charge in [0, 0.05) is 12.5 Å². The summed E-state index contributed by atoms with van der Waals surface area (Å²) in [4.78, 5) is 30.1. The molecule has 18 rings (SSSR count). The van der Waals surface area contributed by atoms with Crippen molar-refractivity contribution in [3.8, 4) is 0 Å². The van der Waals surface area contributed by atoms with Gasteiger partial charge in [-0.25, -0.2) is 0 Å². The van der Waals surface area contributed by atoms with Crippen molar-refractivity contribution in [2.45, 2.75) is 73.4 Å². The summed E-state index contributed by atoms with van der Waals surface area (Å²) in [5.74, 6) is -3.02. The van der Waals surface area contributed by atoms with Gasteiger partial charge in [0.1, 0.15) is 36.5 Å². The lowest BCUT2D eigenvalue weighted by Gasteiger charge is -2.40. The zero-order valence-corrected chi connectivity index (χ0v) is 32.5. The molecule has 2 saturated heterocycles. The highest BCUT2D eigenvalue weighted by molar-refractivity contribution is 6.64. The third kappa shape index (κ3) is 2.73. The van der Waals surface area contributed by atoms with Gasteiger partial charge in [-0.15, -0.1) is 0 Å². The van der Waals surface area contributed by atoms with Crippen LogP contribution in [-0.2, 0) is 43.7 Å². The Labute approximate surface area is 346 Å². The van der Waals surface area contributed by atoms with Gasteiger partial charge in [0.05, 0.1) is 18.6 Å². The van der Waals surface area contributed by atoms with E-state index in [1.54, 1.807) is 4.90 Å². The molecule has 6 N–H and O–H groups in total. The number of carboxylic acid groups (broad SMARTS) is 2. The van der Waals surface area contributed by atoms with Crippen LogP contribution in [0.4, 0.5) is 0 Å². The molecule has 11 nitrogen and oxygen atoms in total. The van der Waals surface area contributed by atoms with Crippen LogP contribution in [0, 0.1) is 0 Å². The third-order valence-electron chi connectivity index (χ3n) is 17.9. The Morgan fingerprint density at radius 2 is 1.21 bits per heavy atom. The van der Waals surface area contributed by atoms with Gasteiger partial charge >= 0.3 is 11.9 Å². The fraction of sp³-hybridized carbons (Fsp3) is 0.294. The van der Waals surface area contributed by atoms with Crippen molar-refractivity contribution < 1.29 is 49.7 Å². The second-order valence-electron chi connectivity index (χ2n) is 19.9. The molecule has 2 aliphatic heterocycles. The monoisotopic (exact) mass is 817 g/mol. The lowest BCUT2D eigenvalue weighted by molar-refractivity contribution is -0.301. The summed E-state index contributed by atoms with van der Waals surface area (Å²) >= 11 is 0. The first-order valence-electron chi connectivity index (χ1n) is 21.8. The number of hydrogen-bond acceptors (Lipinski definition) is 9. The zero-order chi connectivity index (χ0) is 40.8. The van der Waals surface area contributed by atoms with Crippen LogP contribution in [0.2, 0.25) is 0 Å². The van der Waals surface area contributed by atoms with Gasteiger partial charge in [-0.2, -0.15) is 0 Å². The number of ether oxygens (including phenoxy) is 2. The molecule has 0 amide bonds. The lowest BCUT2D eigenvalue weighted by atomic mass is 9.61. The van der Waals surface area contributed by atoms with Crippen LogP contribution in [0.15, 0.2) is 30.3 Å². The summed E-state index contributed by atoms with van der Waals surface area (Å²) in [5.41, 5.74) is 9.53. The van der Waals surface area contributed by atoms with Gasteiger partial charge in [-0.05, 0) is 177 Å². The lowest BCUT2D eigenvalue weighted by Crippen LogP contribution is -2.59. The number of aliphatic hydroxyl groups is 4. The predicted octanol–water partition coefficient (Wildman–Crippen LogP) is 5.42. The van der Waals surface area contributed by atoms with E-state index in [0.29, 0.717) is 6.42 Å². The minimum atomic E-state index is -1.66. The molecule has 11 heteroatoms. The maximum absolute atomic E-state index is 14.3. The minimum Gasteiger partial charge on any atom is -0.480 e. The molecule has 11 aromatic rings. The topological polar surface area (TPSA) is 177 Å². The molecule has 7 aliphatic rings. The van der Waals surface area contributed by atoms with Gasteiger partial charge < -0.3 is 40.1 Å². The highest BCUT2D eigenvalue weighted by atomic mass is 16.7. The number of carboxylic acids is 2. The SMILES string of the molecule is O=C(O)C1C2c3cc4cc5c6c4c4c3c3c7c8c9c%10c(cc%11c%12c%13c(cc(c%14c%13c%13c(c%12%10)c9c3c4c%13c6%14)C5)C%11)CC8=CC72C(C(=O)O)N1CCO[C@@H]1O[C@H](CO)[C@@H](O)C(O)C1O. The molecule has 5 aliphatic carbocycles. The Balaban J connectivity index is 0.990. The number of benzene rings is 7. The molecular formula is C51H31NO10. The number of hydrogen-bond donors (Lipinski definition) is 6. The average molecular weight is 818 g/mol. The second kappa shape index (κ2) is 9.15. The summed E-state index contributed by atoms with van der Waals surface area (Å²) in [5, 5.41) is 90.5. The molecule has 62 heavy (non-hydrogen) atoms. The number of carbonyl (C=O) groups is 2. The zero-order valence-electron chi connectivity index (χ0n) is 32.5. The van der Waals surface area contributed by atoms with Crippen LogP contribution < -0.4 is 0 Å². The van der Waals surface area contributed by atoms with E-state index < -0.39 is 72.7 Å². The normalized spacial score (nSPS) is 30.6. The van der Waals surface area contributed by atoms with Gasteiger partial charge in [0.2, 0.25) is 0 Å². The third-order valence-corrected chi connectivity index (χ3v) is 17.9. The first kappa shape index (κ1) is 32.0. The number of nitrogens with zero attached hydrogens (tertiary/aromatic N) is 1. The van der Waals surface area contributed by atoms with E-state index in [2.05, 4.69) is 30.3 Å². The van der Waals surface area contributed by atoms with E-state index in [1.807, 2.05) is 0 Å². The molecule has 2 fully saturated rings. The predicted molar refractivity (Wildman–Crippen MR) is 231 cm³/mol. The van der Waals surface area contributed by atoms with E-state index in [0.717, 1.165) is 51.3 Å². The Kier molecular flexibility index (Phi) is 4.72. The highest BCUT2D eigenvalue weighted by Crippen LogP contribution is 2.73. The molecule has 2 heterocycles. The first-order chi connectivity index (χ1) is 30.1. The maximum atomic E-state index is 14.3. The number of aliphatic hydroxyl groups excluding tert-OH is 4. The number of aliphatic carboxylic acids is 2. The van der Waals surface area contributed by atoms with Gasteiger partial charge in [0.25, 0.3) is 0 Å². The molecule has 1 spiro atoms. The first-order valence-corrected chi connectivity index (χ1v) is 21.8. The van der Waals surface area contributed by atoms with Crippen LogP contribution in [0.5, 0.6) is 0 Å². The summed E-state index contributed by atoms with van der Waals surface area (Å²) in [6, 6.07) is 6.92. The van der Waals surface area contributed by atoms with Crippen molar-refractivity contribution in [3.63, 3.8) is 0 Å². The van der Waals surface area contributed by atoms with E-state index >= 15 is 0 Å². The van der Waals surface area contributed by atoms with Crippen LogP contribution in [-0.4, -0.2) is 110 Å². The van der Waals surface area contributed by atoms with Crippen molar-refractivity contribution in [2.75, 3.05) is 19.8 Å². The van der Waals surface area contributed by atoms with E-state index in [-0.39, 0.29) is 13.2 Å². The highest BCUT2D eigenvalue weighted by Gasteiger charge is 2.69. The fourth-order valence-electron chi connectivity index (χ4n) is 16.4. The number of fused-ring (bicyclic) bond motifs is 1. The molecule has 0 bridgehead atoms. The van der Waals surface area contributed by atoms with Crippen LogP contribution >= 0.6 is 0 Å².